The van der Waals surface area contributed by atoms with Gasteiger partial charge >= 0.3 is 0 Å². The monoisotopic (exact) mass is 509 g/mol. The molecule has 1 unspecified atom stereocenters. The second-order valence-electron chi connectivity index (χ2n) is 11.3. The van der Waals surface area contributed by atoms with Crippen LogP contribution in [-0.4, -0.2) is 58.5 Å². The summed E-state index contributed by atoms with van der Waals surface area (Å²) in [6, 6.07) is 2.29. The van der Waals surface area contributed by atoms with Crippen molar-refractivity contribution < 1.29 is 29.7 Å². The standard InChI is InChI=1S/C28H35N3O6/c1-13-8-16-9-14-10-18-19(31(2)3)11-15(12-30-17-6-4-5-7-17)23(32)22(18)24(33)21(14)26(35)28(16,37)25(34)20(13)27(29)36/h11,14,16-17,30,32-33,37H,4-10,12H2,1-3H3,(H2,29,36)/t14?,16-,28-/m1/s1. The Morgan fingerprint density at radius 2 is 1.84 bits per heavy atom. The first-order valence-electron chi connectivity index (χ1n) is 13.0. The van der Waals surface area contributed by atoms with Crippen LogP contribution in [0.5, 0.6) is 5.75 Å². The van der Waals surface area contributed by atoms with E-state index < -0.39 is 40.7 Å². The number of nitrogens with two attached hydrogens (primary N) is 1. The van der Waals surface area contributed by atoms with Crippen molar-refractivity contribution >= 4 is 28.9 Å². The first-order valence-corrected chi connectivity index (χ1v) is 13.0. The van der Waals surface area contributed by atoms with Crippen molar-refractivity contribution in [3.63, 3.8) is 0 Å². The van der Waals surface area contributed by atoms with Gasteiger partial charge in [-0.1, -0.05) is 18.4 Å². The minimum absolute atomic E-state index is 0.0659. The number of ketones is 2. The lowest BCUT2D eigenvalue weighted by atomic mass is 9.58. The number of carbonyl (C=O) groups excluding carboxylic acids is 3. The molecule has 0 spiro atoms. The number of hydrogen-bond donors (Lipinski definition) is 5. The summed E-state index contributed by atoms with van der Waals surface area (Å²) >= 11 is 0. The van der Waals surface area contributed by atoms with Crippen LogP contribution in [0.25, 0.3) is 5.76 Å². The Balaban J connectivity index is 1.61. The van der Waals surface area contributed by atoms with E-state index in [9.17, 15) is 29.7 Å². The van der Waals surface area contributed by atoms with Crippen molar-refractivity contribution in [1.82, 2.24) is 5.32 Å². The lowest BCUT2D eigenvalue weighted by molar-refractivity contribution is -0.157. The fourth-order valence-electron chi connectivity index (χ4n) is 6.90. The summed E-state index contributed by atoms with van der Waals surface area (Å²) in [5.41, 5.74) is 5.31. The topological polar surface area (TPSA) is 153 Å². The zero-order chi connectivity index (χ0) is 26.8. The van der Waals surface area contributed by atoms with E-state index in [4.69, 9.17) is 5.73 Å². The summed E-state index contributed by atoms with van der Waals surface area (Å²) in [7, 11) is 3.78. The Bertz CT molecular complexity index is 1270. The molecule has 1 amide bonds. The normalized spacial score (nSPS) is 27.8. The molecular weight excluding hydrogens is 474 g/mol. The second-order valence-corrected chi connectivity index (χ2v) is 11.3. The Labute approximate surface area is 216 Å². The second kappa shape index (κ2) is 8.99. The fourth-order valence-corrected chi connectivity index (χ4v) is 6.90. The molecule has 5 rings (SSSR count). The molecule has 3 atom stereocenters. The number of carbonyl (C=O) groups is 3. The molecule has 9 nitrogen and oxygen atoms in total. The number of allylic oxidation sites excluding steroid dienone is 1. The fraction of sp³-hybridized carbons (Fsp3) is 0.536. The Morgan fingerprint density at radius 1 is 1.16 bits per heavy atom. The number of Topliss-reactive ketones (excluding diaryl/α,β-unsaturated/α-hetero) is 2. The molecule has 0 heterocycles. The molecule has 198 valence electrons. The molecule has 0 bridgehead atoms. The summed E-state index contributed by atoms with van der Waals surface area (Å²) < 4.78 is 0. The van der Waals surface area contributed by atoms with Gasteiger partial charge in [0.15, 0.2) is 5.60 Å². The Hall–Kier alpha value is -3.17. The number of aromatic hydroxyl groups is 1. The molecule has 9 heteroatoms. The number of amides is 1. The van der Waals surface area contributed by atoms with Gasteiger partial charge in [0.2, 0.25) is 11.6 Å². The number of rotatable bonds is 5. The van der Waals surface area contributed by atoms with Crippen LogP contribution in [0.4, 0.5) is 5.69 Å². The molecule has 0 radical (unpaired) electrons. The number of fused-ring (bicyclic) bond motifs is 3. The van der Waals surface area contributed by atoms with Gasteiger partial charge in [-0.15, -0.1) is 0 Å². The Morgan fingerprint density at radius 3 is 2.46 bits per heavy atom. The van der Waals surface area contributed by atoms with Gasteiger partial charge in [-0.05, 0) is 56.6 Å². The van der Waals surface area contributed by atoms with Crippen LogP contribution in [0.15, 0.2) is 22.8 Å². The first kappa shape index (κ1) is 25.5. The molecule has 0 saturated heterocycles. The Kier molecular flexibility index (Phi) is 6.19. The maximum atomic E-state index is 13.8. The van der Waals surface area contributed by atoms with Crippen molar-refractivity contribution in [1.29, 1.82) is 0 Å². The van der Waals surface area contributed by atoms with Crippen LogP contribution in [0.2, 0.25) is 0 Å². The number of hydrogen-bond acceptors (Lipinski definition) is 8. The third-order valence-corrected chi connectivity index (χ3v) is 8.78. The van der Waals surface area contributed by atoms with Crippen molar-refractivity contribution in [3.05, 3.63) is 39.5 Å². The van der Waals surface area contributed by atoms with Gasteiger partial charge in [-0.2, -0.15) is 0 Å². The molecule has 1 aromatic rings. The number of aliphatic hydroxyl groups excluding tert-OH is 1. The van der Waals surface area contributed by atoms with E-state index in [1.807, 2.05) is 25.1 Å². The molecule has 2 saturated carbocycles. The zero-order valence-corrected chi connectivity index (χ0v) is 21.6. The quantitative estimate of drug-likeness (QED) is 0.299. The number of nitrogens with zero attached hydrogens (tertiary/aromatic N) is 1. The number of phenols is 1. The average Bonchev–Trinajstić information content (AvgIpc) is 3.34. The molecular formula is C28H35N3O6. The average molecular weight is 510 g/mol. The van der Waals surface area contributed by atoms with E-state index in [2.05, 4.69) is 5.32 Å². The molecule has 6 N–H and O–H groups in total. The largest absolute Gasteiger partial charge is 0.507 e. The molecule has 4 aliphatic carbocycles. The minimum Gasteiger partial charge on any atom is -0.507 e. The smallest absolute Gasteiger partial charge is 0.252 e. The number of aliphatic hydroxyl groups is 2. The highest BCUT2D eigenvalue weighted by Crippen LogP contribution is 2.53. The van der Waals surface area contributed by atoms with E-state index >= 15 is 0 Å². The van der Waals surface area contributed by atoms with Crippen molar-refractivity contribution in [2.75, 3.05) is 19.0 Å². The lowest BCUT2D eigenvalue weighted by Gasteiger charge is -2.46. The third kappa shape index (κ3) is 3.78. The molecule has 0 aliphatic heterocycles. The van der Waals surface area contributed by atoms with E-state index in [1.165, 1.54) is 12.8 Å². The van der Waals surface area contributed by atoms with Gasteiger partial charge < -0.3 is 31.3 Å². The summed E-state index contributed by atoms with van der Waals surface area (Å²) in [6.45, 7) is 2.02. The number of benzene rings is 1. The van der Waals surface area contributed by atoms with Crippen molar-refractivity contribution in [2.24, 2.45) is 17.6 Å². The molecule has 37 heavy (non-hydrogen) atoms. The van der Waals surface area contributed by atoms with Gasteiger partial charge in [0.1, 0.15) is 11.5 Å². The zero-order valence-electron chi connectivity index (χ0n) is 21.6. The summed E-state index contributed by atoms with van der Waals surface area (Å²) in [5.74, 6) is -4.59. The number of anilines is 1. The highest BCUT2D eigenvalue weighted by molar-refractivity contribution is 6.32. The maximum absolute atomic E-state index is 13.8. The van der Waals surface area contributed by atoms with Crippen LogP contribution < -0.4 is 16.0 Å². The highest BCUT2D eigenvalue weighted by atomic mass is 16.3. The minimum atomic E-state index is -2.47. The molecule has 1 aromatic carbocycles. The van der Waals surface area contributed by atoms with Crippen LogP contribution in [0.3, 0.4) is 0 Å². The number of primary amides is 1. The molecule has 0 aromatic heterocycles. The van der Waals surface area contributed by atoms with E-state index in [1.54, 1.807) is 6.92 Å². The van der Waals surface area contributed by atoms with Gasteiger partial charge in [0, 0.05) is 49.4 Å². The summed E-state index contributed by atoms with van der Waals surface area (Å²) in [6.07, 6.45) is 5.31. The predicted octanol–water partition coefficient (Wildman–Crippen LogP) is 2.03. The van der Waals surface area contributed by atoms with E-state index in [-0.39, 0.29) is 35.3 Å². The van der Waals surface area contributed by atoms with Crippen LogP contribution in [-0.2, 0) is 27.3 Å². The highest BCUT2D eigenvalue weighted by Gasteiger charge is 2.61. The molecule has 4 aliphatic rings. The number of phenolic OH excluding ortho intramolecular Hbond substituents is 1. The van der Waals surface area contributed by atoms with E-state index in [0.29, 0.717) is 30.1 Å². The van der Waals surface area contributed by atoms with Crippen molar-refractivity contribution in [3.8, 4) is 5.75 Å². The SMILES string of the molecule is CC1=C(C(N)=O)C(=O)[C@@]2(O)C(=O)C3=C(O)c4c(O)c(CNC5CCCC5)cc(N(C)C)c4CC3C[C@H]2C1. The van der Waals surface area contributed by atoms with Crippen LogP contribution >= 0.6 is 0 Å². The van der Waals surface area contributed by atoms with Crippen LogP contribution in [0, 0.1) is 11.8 Å². The van der Waals surface area contributed by atoms with Gasteiger partial charge in [0.25, 0.3) is 5.91 Å². The number of nitrogens with one attached hydrogen (secondary N) is 1. The summed E-state index contributed by atoms with van der Waals surface area (Å²) in [4.78, 5) is 40.9. The summed E-state index contributed by atoms with van der Waals surface area (Å²) in [5, 5.41) is 37.7. The van der Waals surface area contributed by atoms with Gasteiger partial charge in [0.05, 0.1) is 11.1 Å². The van der Waals surface area contributed by atoms with Gasteiger partial charge in [-0.25, -0.2) is 0 Å². The third-order valence-electron chi connectivity index (χ3n) is 8.78. The predicted molar refractivity (Wildman–Crippen MR) is 138 cm³/mol. The van der Waals surface area contributed by atoms with Gasteiger partial charge in [-0.3, -0.25) is 14.4 Å². The lowest BCUT2D eigenvalue weighted by Crippen LogP contribution is -2.61. The van der Waals surface area contributed by atoms with Crippen LogP contribution in [0.1, 0.15) is 62.1 Å². The first-order chi connectivity index (χ1) is 17.5. The van der Waals surface area contributed by atoms with E-state index in [0.717, 1.165) is 24.1 Å². The maximum Gasteiger partial charge on any atom is 0.252 e. The van der Waals surface area contributed by atoms with Crippen molar-refractivity contribution in [2.45, 2.75) is 70.1 Å². The molecule has 2 fully saturated rings.